The van der Waals surface area contributed by atoms with Crippen LogP contribution in [-0.4, -0.2) is 46.8 Å². The number of imidazole rings is 1. The van der Waals surface area contributed by atoms with Gasteiger partial charge in [-0.15, -0.1) is 0 Å². The zero-order valence-electron chi connectivity index (χ0n) is 14.8. The number of hydrogen-bond acceptors (Lipinski definition) is 4. The Morgan fingerprint density at radius 3 is 2.61 bits per heavy atom. The van der Waals surface area contributed by atoms with Gasteiger partial charge in [0.05, 0.1) is 17.9 Å². The average Bonchev–Trinajstić information content (AvgIpc) is 2.97. The summed E-state index contributed by atoms with van der Waals surface area (Å²) in [6.45, 7) is 14.4. The van der Waals surface area contributed by atoms with Crippen LogP contribution in [0.2, 0.25) is 0 Å². The summed E-state index contributed by atoms with van der Waals surface area (Å²) in [5.74, 6) is 0.935. The van der Waals surface area contributed by atoms with E-state index in [0.29, 0.717) is 6.04 Å². The maximum Gasteiger partial charge on any atom is 0.121 e. The van der Waals surface area contributed by atoms with E-state index < -0.39 is 0 Å². The molecule has 0 aliphatic carbocycles. The summed E-state index contributed by atoms with van der Waals surface area (Å²) >= 11 is 0. The van der Waals surface area contributed by atoms with Gasteiger partial charge in [0.1, 0.15) is 5.82 Å². The molecule has 0 aliphatic rings. The molecule has 23 heavy (non-hydrogen) atoms. The van der Waals surface area contributed by atoms with Crippen molar-refractivity contribution in [2.45, 2.75) is 45.7 Å². The van der Waals surface area contributed by atoms with Gasteiger partial charge < -0.3 is 10.7 Å². The molecule has 0 radical (unpaired) electrons. The second kappa shape index (κ2) is 10.1. The van der Waals surface area contributed by atoms with Crippen molar-refractivity contribution in [1.29, 1.82) is 0 Å². The lowest BCUT2D eigenvalue weighted by molar-refractivity contribution is 0.218. The molecule has 1 heterocycles. The second-order valence-corrected chi connectivity index (χ2v) is 5.65. The molecule has 0 aliphatic heterocycles. The minimum atomic E-state index is 0.322. The minimum Gasteiger partial charge on any atom is -0.341 e. The van der Waals surface area contributed by atoms with E-state index >= 15 is 0 Å². The van der Waals surface area contributed by atoms with Crippen LogP contribution in [0.15, 0.2) is 18.2 Å². The molecule has 0 aromatic carbocycles. The molecule has 5 nitrogen and oxygen atoms in total. The topological polar surface area (TPSA) is 70.3 Å². The molecule has 0 unspecified atom stereocenters. The molecule has 1 aromatic heterocycles. The first-order valence-electron chi connectivity index (χ1n) is 8.32. The quantitative estimate of drug-likeness (QED) is 0.486. The minimum absolute atomic E-state index is 0.322. The largest absolute Gasteiger partial charge is 0.341 e. The smallest absolute Gasteiger partial charge is 0.121 e. The lowest BCUT2D eigenvalue weighted by Gasteiger charge is -2.30. The van der Waals surface area contributed by atoms with Crippen molar-refractivity contribution < 1.29 is 0 Å². The summed E-state index contributed by atoms with van der Waals surface area (Å²) in [4.78, 5) is 14.8. The van der Waals surface area contributed by atoms with E-state index in [-0.39, 0.29) is 0 Å². The lowest BCUT2D eigenvalue weighted by Crippen LogP contribution is -2.40. The highest BCUT2D eigenvalue weighted by molar-refractivity contribution is 5.87. The van der Waals surface area contributed by atoms with Crippen molar-refractivity contribution in [2.75, 3.05) is 20.1 Å². The van der Waals surface area contributed by atoms with Gasteiger partial charge in [0.15, 0.2) is 0 Å². The Kier molecular flexibility index (Phi) is 8.51. The molecular weight excluding hydrogens is 286 g/mol. The number of nitrogens with one attached hydrogen (secondary N) is 1. The van der Waals surface area contributed by atoms with Gasteiger partial charge in [-0.05, 0) is 51.4 Å². The summed E-state index contributed by atoms with van der Waals surface area (Å²) < 4.78 is 0. The molecule has 1 aromatic rings. The number of H-pyrrole nitrogens is 1. The van der Waals surface area contributed by atoms with Crippen LogP contribution in [0.4, 0.5) is 0 Å². The van der Waals surface area contributed by atoms with Crippen LogP contribution in [0, 0.1) is 0 Å². The van der Waals surface area contributed by atoms with Crippen molar-refractivity contribution >= 4 is 17.9 Å². The summed E-state index contributed by atoms with van der Waals surface area (Å²) in [5, 5.41) is 0. The Hall–Kier alpha value is -1.72. The maximum atomic E-state index is 5.64. The Labute approximate surface area is 140 Å². The first-order chi connectivity index (χ1) is 11.1. The van der Waals surface area contributed by atoms with Crippen LogP contribution in [0.1, 0.15) is 50.3 Å². The van der Waals surface area contributed by atoms with Crippen molar-refractivity contribution in [3.8, 4) is 0 Å². The fourth-order valence-corrected chi connectivity index (χ4v) is 2.80. The van der Waals surface area contributed by atoms with Gasteiger partial charge in [0.25, 0.3) is 0 Å². The molecule has 128 valence electrons. The van der Waals surface area contributed by atoms with Crippen LogP contribution in [0.25, 0.3) is 12.2 Å². The average molecular weight is 317 g/mol. The third-order valence-corrected chi connectivity index (χ3v) is 4.12. The van der Waals surface area contributed by atoms with Gasteiger partial charge in [-0.2, -0.15) is 0 Å². The molecule has 0 amide bonds. The predicted octanol–water partition coefficient (Wildman–Crippen LogP) is 3.11. The highest BCUT2D eigenvalue weighted by Crippen LogP contribution is 2.15. The molecule has 0 saturated heterocycles. The Morgan fingerprint density at radius 1 is 1.39 bits per heavy atom. The van der Waals surface area contributed by atoms with Gasteiger partial charge in [0, 0.05) is 18.8 Å². The summed E-state index contributed by atoms with van der Waals surface area (Å²) in [6, 6.07) is 0.322. The first kappa shape index (κ1) is 19.3. The molecule has 0 saturated carbocycles. The van der Waals surface area contributed by atoms with E-state index in [9.17, 15) is 0 Å². The van der Waals surface area contributed by atoms with Crippen LogP contribution >= 0.6 is 0 Å². The number of aromatic nitrogens is 2. The number of nitrogens with zero attached hydrogens (tertiary/aromatic N) is 3. The van der Waals surface area contributed by atoms with Gasteiger partial charge in [-0.25, -0.2) is 4.98 Å². The van der Waals surface area contributed by atoms with E-state index in [1.165, 1.54) is 0 Å². The molecule has 3 N–H and O–H groups in total. The standard InChI is InChI=1S/C18H31N5/c1-6-15-16(7-2)22-18(21-15)13-23(12-10-9-11-19)17(8-3)14(4)20-5/h6-7,17H,1-2,8-13,19H2,3-5H3,(H,21,22)/b20-14+/t17-/m0/s1. The van der Waals surface area contributed by atoms with Crippen molar-refractivity contribution in [1.82, 2.24) is 14.9 Å². The normalized spacial score (nSPS) is 13.3. The third kappa shape index (κ3) is 5.44. The highest BCUT2D eigenvalue weighted by atomic mass is 15.2. The highest BCUT2D eigenvalue weighted by Gasteiger charge is 2.20. The third-order valence-electron chi connectivity index (χ3n) is 4.12. The van der Waals surface area contributed by atoms with Crippen LogP contribution in [-0.2, 0) is 6.54 Å². The predicted molar refractivity (Wildman–Crippen MR) is 101 cm³/mol. The van der Waals surface area contributed by atoms with E-state index in [4.69, 9.17) is 5.73 Å². The summed E-state index contributed by atoms with van der Waals surface area (Å²) in [6.07, 6.45) is 6.67. The van der Waals surface area contributed by atoms with Gasteiger partial charge in [0.2, 0.25) is 0 Å². The van der Waals surface area contributed by atoms with Gasteiger partial charge >= 0.3 is 0 Å². The second-order valence-electron chi connectivity index (χ2n) is 5.65. The molecule has 0 bridgehead atoms. The van der Waals surface area contributed by atoms with Crippen molar-refractivity contribution in [2.24, 2.45) is 10.7 Å². The number of aromatic amines is 1. The number of rotatable bonds is 11. The maximum absolute atomic E-state index is 5.64. The molecule has 1 rings (SSSR count). The van der Waals surface area contributed by atoms with Crippen molar-refractivity contribution in [3.05, 3.63) is 30.4 Å². The fraction of sp³-hybridized carbons (Fsp3) is 0.556. The van der Waals surface area contributed by atoms with E-state index in [1.807, 2.05) is 7.05 Å². The fourth-order valence-electron chi connectivity index (χ4n) is 2.80. The molecule has 0 spiro atoms. The molecule has 0 fully saturated rings. The van der Waals surface area contributed by atoms with E-state index in [1.54, 1.807) is 12.2 Å². The zero-order chi connectivity index (χ0) is 17.2. The number of hydrogen-bond donors (Lipinski definition) is 2. The molecule has 5 heteroatoms. The Balaban J connectivity index is 2.96. The summed E-state index contributed by atoms with van der Waals surface area (Å²) in [5.41, 5.74) is 8.57. The van der Waals surface area contributed by atoms with Crippen LogP contribution in [0.5, 0.6) is 0 Å². The molecule has 1 atom stereocenters. The van der Waals surface area contributed by atoms with Crippen LogP contribution in [0.3, 0.4) is 0 Å². The van der Waals surface area contributed by atoms with E-state index in [2.05, 4.69) is 46.9 Å². The Bertz CT molecular complexity index is 504. The number of aliphatic imine (C=N–C) groups is 1. The Morgan fingerprint density at radius 2 is 2.13 bits per heavy atom. The van der Waals surface area contributed by atoms with Crippen molar-refractivity contribution in [3.63, 3.8) is 0 Å². The monoisotopic (exact) mass is 317 g/mol. The summed E-state index contributed by atoms with van der Waals surface area (Å²) in [7, 11) is 1.86. The van der Waals surface area contributed by atoms with Crippen LogP contribution < -0.4 is 5.73 Å². The van der Waals surface area contributed by atoms with Gasteiger partial charge in [-0.3, -0.25) is 9.89 Å². The number of nitrogens with two attached hydrogens (primary N) is 1. The van der Waals surface area contributed by atoms with E-state index in [0.717, 1.165) is 61.8 Å². The lowest BCUT2D eigenvalue weighted by atomic mass is 10.1. The molecular formula is C18H31N5. The first-order valence-corrected chi connectivity index (χ1v) is 8.32. The zero-order valence-corrected chi connectivity index (χ0v) is 14.8. The number of unbranched alkanes of at least 4 members (excludes halogenated alkanes) is 1. The SMILES string of the molecule is C=Cc1nc(CN(CCCCN)[C@@H](CC)/C(C)=N/C)[nH]c1C=C. The van der Waals surface area contributed by atoms with Gasteiger partial charge in [-0.1, -0.05) is 20.1 Å².